The number of para-hydroxylation sites is 1. The van der Waals surface area contributed by atoms with E-state index in [9.17, 15) is 0 Å². The van der Waals surface area contributed by atoms with E-state index in [0.717, 1.165) is 16.5 Å². The Morgan fingerprint density at radius 3 is 2.54 bits per heavy atom. The highest BCUT2D eigenvalue weighted by atomic mass is 16.3. The van der Waals surface area contributed by atoms with Gasteiger partial charge in [-0.2, -0.15) is 5.10 Å². The van der Waals surface area contributed by atoms with Crippen molar-refractivity contribution in [1.82, 2.24) is 20.2 Å². The van der Waals surface area contributed by atoms with Crippen LogP contribution in [0.15, 0.2) is 60.7 Å². The maximum absolute atomic E-state index is 9.16. The van der Waals surface area contributed by atoms with Crippen molar-refractivity contribution in [3.63, 3.8) is 0 Å². The molecule has 0 amide bonds. The van der Waals surface area contributed by atoms with Gasteiger partial charge in [-0.15, -0.1) is 0 Å². The van der Waals surface area contributed by atoms with E-state index in [2.05, 4.69) is 25.5 Å². The highest BCUT2D eigenvalue weighted by Gasteiger charge is 2.10. The summed E-state index contributed by atoms with van der Waals surface area (Å²) in [5.74, 6) is 1.92. The minimum Gasteiger partial charge on any atom is -0.390 e. The van der Waals surface area contributed by atoms with E-state index in [0.29, 0.717) is 23.2 Å². The molecule has 6 heteroatoms. The molecule has 0 bridgehead atoms. The number of aliphatic hydroxyl groups is 1. The number of nitrogens with one attached hydrogen (secondary N) is 2. The molecule has 0 fully saturated rings. The number of anilines is 2. The quantitative estimate of drug-likeness (QED) is 0.538. The van der Waals surface area contributed by atoms with Gasteiger partial charge in [0.1, 0.15) is 5.82 Å². The highest BCUT2D eigenvalue weighted by Crippen LogP contribution is 2.26. The first-order chi connectivity index (χ1) is 11.8. The van der Waals surface area contributed by atoms with Gasteiger partial charge in [0.05, 0.1) is 17.8 Å². The van der Waals surface area contributed by atoms with E-state index in [1.165, 1.54) is 0 Å². The van der Waals surface area contributed by atoms with Crippen LogP contribution in [0, 0.1) is 0 Å². The molecule has 4 rings (SSSR count). The van der Waals surface area contributed by atoms with E-state index in [4.69, 9.17) is 5.11 Å². The van der Waals surface area contributed by atoms with Gasteiger partial charge in [-0.05, 0) is 12.1 Å². The molecular weight excluding hydrogens is 302 g/mol. The van der Waals surface area contributed by atoms with Gasteiger partial charge < -0.3 is 10.4 Å². The van der Waals surface area contributed by atoms with Gasteiger partial charge in [0.15, 0.2) is 11.6 Å². The molecule has 0 aliphatic heterocycles. The summed E-state index contributed by atoms with van der Waals surface area (Å²) in [6.45, 7) is -0.0888. The minimum absolute atomic E-state index is 0.0888. The predicted molar refractivity (Wildman–Crippen MR) is 92.8 cm³/mol. The van der Waals surface area contributed by atoms with Gasteiger partial charge in [-0.25, -0.2) is 9.97 Å². The zero-order valence-corrected chi connectivity index (χ0v) is 12.8. The third kappa shape index (κ3) is 2.70. The summed E-state index contributed by atoms with van der Waals surface area (Å²) in [6.07, 6.45) is 0. The molecule has 24 heavy (non-hydrogen) atoms. The number of hydrogen-bond acceptors (Lipinski definition) is 5. The van der Waals surface area contributed by atoms with Gasteiger partial charge in [-0.3, -0.25) is 5.10 Å². The Bertz CT molecular complexity index is 981. The largest absolute Gasteiger partial charge is 0.390 e. The SMILES string of the molecule is OCc1cc(Nc2nc(-c3ccccc3)nc3ccccc23)n[nH]1. The van der Waals surface area contributed by atoms with E-state index >= 15 is 0 Å². The lowest BCUT2D eigenvalue weighted by Crippen LogP contribution is -1.99. The Kier molecular flexibility index (Phi) is 3.64. The summed E-state index contributed by atoms with van der Waals surface area (Å²) in [7, 11) is 0. The number of aromatic amines is 1. The smallest absolute Gasteiger partial charge is 0.162 e. The fourth-order valence-corrected chi connectivity index (χ4v) is 2.52. The van der Waals surface area contributed by atoms with Crippen LogP contribution in [0.2, 0.25) is 0 Å². The summed E-state index contributed by atoms with van der Waals surface area (Å²) in [5.41, 5.74) is 2.44. The number of H-pyrrole nitrogens is 1. The zero-order chi connectivity index (χ0) is 16.4. The van der Waals surface area contributed by atoms with Crippen molar-refractivity contribution in [3.8, 4) is 11.4 Å². The first kappa shape index (κ1) is 14.3. The molecule has 0 radical (unpaired) electrons. The normalized spacial score (nSPS) is 10.9. The molecule has 0 spiro atoms. The van der Waals surface area contributed by atoms with Crippen LogP contribution in [-0.4, -0.2) is 25.3 Å². The molecule has 2 aromatic heterocycles. The average Bonchev–Trinajstić information content (AvgIpc) is 3.10. The monoisotopic (exact) mass is 317 g/mol. The second-order valence-corrected chi connectivity index (χ2v) is 5.34. The van der Waals surface area contributed by atoms with Crippen LogP contribution in [0.5, 0.6) is 0 Å². The Labute approximate surface area is 138 Å². The molecule has 2 heterocycles. The summed E-state index contributed by atoms with van der Waals surface area (Å²) >= 11 is 0. The van der Waals surface area contributed by atoms with Crippen LogP contribution in [0.25, 0.3) is 22.3 Å². The highest BCUT2D eigenvalue weighted by molar-refractivity contribution is 5.91. The molecule has 0 aliphatic carbocycles. The van der Waals surface area contributed by atoms with Crippen LogP contribution in [0.3, 0.4) is 0 Å². The van der Waals surface area contributed by atoms with Crippen LogP contribution >= 0.6 is 0 Å². The number of benzene rings is 2. The van der Waals surface area contributed by atoms with Gasteiger partial charge in [0.25, 0.3) is 0 Å². The van der Waals surface area contributed by atoms with Crippen molar-refractivity contribution in [2.75, 3.05) is 5.32 Å². The minimum atomic E-state index is -0.0888. The second-order valence-electron chi connectivity index (χ2n) is 5.34. The number of rotatable bonds is 4. The maximum atomic E-state index is 9.16. The van der Waals surface area contributed by atoms with Gasteiger partial charge >= 0.3 is 0 Å². The number of aliphatic hydroxyl groups excluding tert-OH is 1. The summed E-state index contributed by atoms with van der Waals surface area (Å²) < 4.78 is 0. The maximum Gasteiger partial charge on any atom is 0.162 e. The fourth-order valence-electron chi connectivity index (χ4n) is 2.52. The van der Waals surface area contributed by atoms with E-state index in [1.807, 2.05) is 54.6 Å². The predicted octanol–water partition coefficient (Wildman–Crippen LogP) is 3.26. The molecule has 0 unspecified atom stereocenters. The number of nitrogens with zero attached hydrogens (tertiary/aromatic N) is 3. The lowest BCUT2D eigenvalue weighted by molar-refractivity contribution is 0.276. The van der Waals surface area contributed by atoms with Gasteiger partial charge in [0, 0.05) is 17.0 Å². The van der Waals surface area contributed by atoms with E-state index in [-0.39, 0.29) is 6.61 Å². The van der Waals surface area contributed by atoms with Crippen molar-refractivity contribution < 1.29 is 5.11 Å². The van der Waals surface area contributed by atoms with Crippen molar-refractivity contribution in [3.05, 3.63) is 66.4 Å². The summed E-state index contributed by atoms with van der Waals surface area (Å²) in [4.78, 5) is 9.31. The molecule has 0 saturated carbocycles. The molecule has 3 N–H and O–H groups in total. The lowest BCUT2D eigenvalue weighted by Gasteiger charge is -2.09. The van der Waals surface area contributed by atoms with Gasteiger partial charge in [0.2, 0.25) is 0 Å². The lowest BCUT2D eigenvalue weighted by atomic mass is 10.2. The second kappa shape index (κ2) is 6.10. The topological polar surface area (TPSA) is 86.7 Å². The third-order valence-electron chi connectivity index (χ3n) is 3.68. The standard InChI is InChI=1S/C18H15N5O/c24-11-13-10-16(23-22-13)20-18-14-8-4-5-9-15(14)19-17(21-18)12-6-2-1-3-7-12/h1-10,24H,11H2,(H2,19,20,21,22,23). The van der Waals surface area contributed by atoms with Crippen LogP contribution in [0.1, 0.15) is 5.69 Å². The first-order valence-electron chi connectivity index (χ1n) is 7.58. The summed E-state index contributed by atoms with van der Waals surface area (Å²) in [5, 5.41) is 20.2. The molecular formula is C18H15N5O. The number of fused-ring (bicyclic) bond motifs is 1. The van der Waals surface area contributed by atoms with Crippen LogP contribution < -0.4 is 5.32 Å². The number of hydrogen-bond donors (Lipinski definition) is 3. The van der Waals surface area contributed by atoms with Crippen molar-refractivity contribution in [2.24, 2.45) is 0 Å². The average molecular weight is 317 g/mol. The van der Waals surface area contributed by atoms with E-state index in [1.54, 1.807) is 6.07 Å². The Morgan fingerprint density at radius 2 is 1.75 bits per heavy atom. The summed E-state index contributed by atoms with van der Waals surface area (Å²) in [6, 6.07) is 19.4. The molecule has 4 aromatic rings. The van der Waals surface area contributed by atoms with Gasteiger partial charge in [-0.1, -0.05) is 42.5 Å². The Balaban J connectivity index is 1.83. The van der Waals surface area contributed by atoms with E-state index < -0.39 is 0 Å². The Morgan fingerprint density at radius 1 is 0.958 bits per heavy atom. The Hall–Kier alpha value is -3.25. The fraction of sp³-hybridized carbons (Fsp3) is 0.0556. The molecule has 118 valence electrons. The zero-order valence-electron chi connectivity index (χ0n) is 12.8. The molecule has 0 saturated heterocycles. The van der Waals surface area contributed by atoms with Crippen molar-refractivity contribution >= 4 is 22.5 Å². The number of aromatic nitrogens is 4. The molecule has 0 atom stereocenters. The first-order valence-corrected chi connectivity index (χ1v) is 7.58. The molecule has 0 aliphatic rings. The van der Waals surface area contributed by atoms with Crippen LogP contribution in [0.4, 0.5) is 11.6 Å². The third-order valence-corrected chi connectivity index (χ3v) is 3.68. The van der Waals surface area contributed by atoms with Crippen molar-refractivity contribution in [1.29, 1.82) is 0 Å². The van der Waals surface area contributed by atoms with Crippen molar-refractivity contribution in [2.45, 2.75) is 6.61 Å². The molecule has 6 nitrogen and oxygen atoms in total. The molecule has 2 aromatic carbocycles. The van der Waals surface area contributed by atoms with Crippen LogP contribution in [-0.2, 0) is 6.61 Å².